The lowest BCUT2D eigenvalue weighted by Gasteiger charge is -2.09. The second-order valence-electron chi connectivity index (χ2n) is 2.88. The number of rotatable bonds is 4. The van der Waals surface area contributed by atoms with Crippen molar-refractivity contribution in [2.45, 2.75) is 0 Å². The van der Waals surface area contributed by atoms with E-state index in [2.05, 4.69) is 5.32 Å². The van der Waals surface area contributed by atoms with Crippen LogP contribution in [0.2, 0.25) is 0 Å². The highest BCUT2D eigenvalue weighted by molar-refractivity contribution is 8.02. The van der Waals surface area contributed by atoms with Gasteiger partial charge in [-0.25, -0.2) is 0 Å². The van der Waals surface area contributed by atoms with E-state index in [0.717, 1.165) is 5.69 Å². The molecule has 4 nitrogen and oxygen atoms in total. The second kappa shape index (κ2) is 5.83. The van der Waals surface area contributed by atoms with Crippen molar-refractivity contribution in [2.24, 2.45) is 5.73 Å². The Morgan fingerprint density at radius 1 is 1.44 bits per heavy atom. The molecule has 0 aromatic heterocycles. The monoisotopic (exact) mass is 233 g/mol. The van der Waals surface area contributed by atoms with Gasteiger partial charge in [0.05, 0.1) is 5.03 Å². The van der Waals surface area contributed by atoms with Crippen molar-refractivity contribution in [2.75, 3.05) is 11.6 Å². The van der Waals surface area contributed by atoms with E-state index in [1.165, 1.54) is 11.8 Å². The number of nitrogens with one attached hydrogen (secondary N) is 1. The molecule has 5 heteroatoms. The molecule has 3 N–H and O–H groups in total. The van der Waals surface area contributed by atoms with Crippen LogP contribution in [-0.4, -0.2) is 12.2 Å². The van der Waals surface area contributed by atoms with Crippen molar-refractivity contribution in [3.05, 3.63) is 40.9 Å². The minimum atomic E-state index is -0.727. The maximum Gasteiger partial charge on any atom is 0.262 e. The topological polar surface area (TPSA) is 78.9 Å². The second-order valence-corrected chi connectivity index (χ2v) is 3.69. The number of para-hydroxylation sites is 1. The van der Waals surface area contributed by atoms with Crippen LogP contribution in [0.15, 0.2) is 40.9 Å². The average Bonchev–Trinajstić information content (AvgIpc) is 2.29. The first-order chi connectivity index (χ1) is 7.69. The highest BCUT2D eigenvalue weighted by atomic mass is 32.2. The molecule has 0 aliphatic rings. The van der Waals surface area contributed by atoms with Crippen LogP contribution in [0, 0.1) is 11.3 Å². The zero-order chi connectivity index (χ0) is 12.0. The van der Waals surface area contributed by atoms with E-state index in [1.54, 1.807) is 12.3 Å². The minimum Gasteiger partial charge on any atom is -0.365 e. The first-order valence-corrected chi connectivity index (χ1v) is 5.71. The van der Waals surface area contributed by atoms with Gasteiger partial charge in [0.25, 0.3) is 5.91 Å². The fourth-order valence-electron chi connectivity index (χ4n) is 1.09. The number of nitrogens with two attached hydrogens (primary N) is 1. The van der Waals surface area contributed by atoms with Gasteiger partial charge in [0.2, 0.25) is 0 Å². The van der Waals surface area contributed by atoms with Gasteiger partial charge in [0.1, 0.15) is 11.6 Å². The van der Waals surface area contributed by atoms with E-state index in [0.29, 0.717) is 5.03 Å². The summed E-state index contributed by atoms with van der Waals surface area (Å²) in [6.07, 6.45) is 1.77. The maximum absolute atomic E-state index is 11.0. The molecule has 1 rings (SSSR count). The molecule has 0 unspecified atom stereocenters. The summed E-state index contributed by atoms with van der Waals surface area (Å²) < 4.78 is 0. The third-order valence-corrected chi connectivity index (χ3v) is 2.54. The van der Waals surface area contributed by atoms with Gasteiger partial charge in [-0.3, -0.25) is 4.79 Å². The average molecular weight is 233 g/mol. The quantitative estimate of drug-likeness (QED) is 0.612. The van der Waals surface area contributed by atoms with Crippen molar-refractivity contribution >= 4 is 23.4 Å². The van der Waals surface area contributed by atoms with Gasteiger partial charge in [-0.15, -0.1) is 11.8 Å². The number of primary amides is 1. The summed E-state index contributed by atoms with van der Waals surface area (Å²) in [4.78, 5) is 11.0. The van der Waals surface area contributed by atoms with Gasteiger partial charge in [0, 0.05) is 5.69 Å². The third kappa shape index (κ3) is 3.04. The molecule has 16 heavy (non-hydrogen) atoms. The van der Waals surface area contributed by atoms with Crippen LogP contribution in [0.5, 0.6) is 0 Å². The number of carbonyl (C=O) groups is 1. The summed E-state index contributed by atoms with van der Waals surface area (Å²) in [6, 6.07) is 11.1. The molecule has 1 aromatic carbocycles. The van der Waals surface area contributed by atoms with Crippen molar-refractivity contribution < 1.29 is 4.79 Å². The third-order valence-electron chi connectivity index (χ3n) is 1.82. The number of anilines is 1. The summed E-state index contributed by atoms with van der Waals surface area (Å²) in [6.45, 7) is 0. The van der Waals surface area contributed by atoms with Crippen molar-refractivity contribution in [1.29, 1.82) is 5.26 Å². The Morgan fingerprint density at radius 2 is 2.06 bits per heavy atom. The van der Waals surface area contributed by atoms with Crippen LogP contribution in [-0.2, 0) is 4.79 Å². The lowest BCUT2D eigenvalue weighted by Crippen LogP contribution is -2.16. The number of hydrogen-bond donors (Lipinski definition) is 2. The van der Waals surface area contributed by atoms with Gasteiger partial charge in [-0.05, 0) is 18.4 Å². The van der Waals surface area contributed by atoms with Crippen LogP contribution in [0.3, 0.4) is 0 Å². The van der Waals surface area contributed by atoms with Crippen LogP contribution in [0.1, 0.15) is 0 Å². The molecule has 1 amide bonds. The number of hydrogen-bond acceptors (Lipinski definition) is 4. The molecule has 0 radical (unpaired) electrons. The highest BCUT2D eigenvalue weighted by Crippen LogP contribution is 2.19. The molecule has 0 saturated carbocycles. The molecule has 0 aliphatic carbocycles. The standard InChI is InChI=1S/C11H11N3OS/c1-16-11(9(7-12)10(13)15)14-8-5-3-2-4-6-8/h2-6,14H,1H3,(H2,13,15)/b11-9-. The zero-order valence-electron chi connectivity index (χ0n) is 8.73. The van der Waals surface area contributed by atoms with E-state index in [1.807, 2.05) is 30.3 Å². The van der Waals surface area contributed by atoms with Gasteiger partial charge in [0.15, 0.2) is 0 Å². The molecule has 0 saturated heterocycles. The Kier molecular flexibility index (Phi) is 4.42. The fraction of sp³-hybridized carbons (Fsp3) is 0.0909. The molecule has 0 bridgehead atoms. The Bertz CT molecular complexity index is 448. The van der Waals surface area contributed by atoms with Crippen molar-refractivity contribution in [3.63, 3.8) is 0 Å². The molecule has 0 fully saturated rings. The lowest BCUT2D eigenvalue weighted by molar-refractivity contribution is -0.114. The van der Waals surface area contributed by atoms with Gasteiger partial charge in [-0.2, -0.15) is 5.26 Å². The van der Waals surface area contributed by atoms with E-state index < -0.39 is 5.91 Å². The van der Waals surface area contributed by atoms with Gasteiger partial charge < -0.3 is 11.1 Å². The number of benzene rings is 1. The minimum absolute atomic E-state index is 0.0589. The van der Waals surface area contributed by atoms with Crippen LogP contribution in [0.4, 0.5) is 5.69 Å². The number of carbonyl (C=O) groups excluding carboxylic acids is 1. The van der Waals surface area contributed by atoms with E-state index >= 15 is 0 Å². The van der Waals surface area contributed by atoms with E-state index in [9.17, 15) is 4.79 Å². The van der Waals surface area contributed by atoms with Crippen molar-refractivity contribution in [3.8, 4) is 6.07 Å². The van der Waals surface area contributed by atoms with E-state index in [4.69, 9.17) is 11.0 Å². The molecule has 82 valence electrons. The number of nitrogens with zero attached hydrogens (tertiary/aromatic N) is 1. The first-order valence-electron chi connectivity index (χ1n) is 4.49. The normalized spacial score (nSPS) is 11.2. The first kappa shape index (κ1) is 12.1. The Labute approximate surface area is 98.1 Å². The van der Waals surface area contributed by atoms with Crippen LogP contribution >= 0.6 is 11.8 Å². The van der Waals surface area contributed by atoms with Crippen LogP contribution in [0.25, 0.3) is 0 Å². The molecule has 0 aliphatic heterocycles. The highest BCUT2D eigenvalue weighted by Gasteiger charge is 2.11. The summed E-state index contributed by atoms with van der Waals surface area (Å²) in [5, 5.41) is 12.3. The predicted molar refractivity (Wildman–Crippen MR) is 65.4 cm³/mol. The number of thioether (sulfide) groups is 1. The predicted octanol–water partition coefficient (Wildman–Crippen LogP) is 1.68. The van der Waals surface area contributed by atoms with Gasteiger partial charge >= 0.3 is 0 Å². The van der Waals surface area contributed by atoms with E-state index in [-0.39, 0.29) is 5.57 Å². The lowest BCUT2D eigenvalue weighted by atomic mass is 10.3. The summed E-state index contributed by atoms with van der Waals surface area (Å²) in [7, 11) is 0. The molecular formula is C11H11N3OS. The Balaban J connectivity index is 3.01. The summed E-state index contributed by atoms with van der Waals surface area (Å²) >= 11 is 1.27. The SMILES string of the molecule is CS/C(Nc1ccccc1)=C(/C#N)C(N)=O. The largest absolute Gasteiger partial charge is 0.365 e. The van der Waals surface area contributed by atoms with Crippen molar-refractivity contribution in [1.82, 2.24) is 0 Å². The molecule has 0 atom stereocenters. The fourth-order valence-corrected chi connectivity index (χ4v) is 1.66. The zero-order valence-corrected chi connectivity index (χ0v) is 9.54. The maximum atomic E-state index is 11.0. The Morgan fingerprint density at radius 3 is 2.50 bits per heavy atom. The summed E-state index contributed by atoms with van der Waals surface area (Å²) in [5.41, 5.74) is 5.85. The van der Waals surface area contributed by atoms with Crippen LogP contribution < -0.4 is 11.1 Å². The smallest absolute Gasteiger partial charge is 0.262 e. The molecule has 0 heterocycles. The number of nitriles is 1. The van der Waals surface area contributed by atoms with Gasteiger partial charge in [-0.1, -0.05) is 18.2 Å². The molecule has 0 spiro atoms. The Hall–Kier alpha value is -1.93. The molecule has 1 aromatic rings. The number of amides is 1. The summed E-state index contributed by atoms with van der Waals surface area (Å²) in [5.74, 6) is -0.727. The molecular weight excluding hydrogens is 222 g/mol.